The van der Waals surface area contributed by atoms with Crippen LogP contribution < -0.4 is 10.1 Å². The van der Waals surface area contributed by atoms with Crippen molar-refractivity contribution < 1.29 is 17.9 Å². The molecule has 9 heteroatoms. The fourth-order valence-corrected chi connectivity index (χ4v) is 6.16. The van der Waals surface area contributed by atoms with E-state index >= 15 is 0 Å². The molecule has 1 amide bonds. The Morgan fingerprint density at radius 1 is 0.912 bits per heavy atom. The number of amides is 1. The van der Waals surface area contributed by atoms with Gasteiger partial charge in [0.2, 0.25) is 15.9 Å². The number of anilines is 1. The lowest BCUT2D eigenvalue weighted by molar-refractivity contribution is -0.120. The standard InChI is InChI=1S/C25H24Cl2N2O4S/c26-21-9-6-10-22(27)20(21)17-34(31,32)29-15-13-18(14-16-29)25(30)28-23-11-4-5-12-24(23)33-19-7-2-1-3-8-19/h1-12,18H,13-17H2,(H,28,30). The highest BCUT2D eigenvalue weighted by Crippen LogP contribution is 2.32. The van der Waals surface area contributed by atoms with Gasteiger partial charge in [-0.25, -0.2) is 12.7 Å². The molecule has 0 saturated carbocycles. The maximum absolute atomic E-state index is 12.9. The van der Waals surface area contributed by atoms with Crippen molar-refractivity contribution in [3.8, 4) is 11.5 Å². The van der Waals surface area contributed by atoms with Gasteiger partial charge in [-0.2, -0.15) is 0 Å². The molecule has 0 spiro atoms. The number of piperidine rings is 1. The lowest BCUT2D eigenvalue weighted by Crippen LogP contribution is -2.42. The van der Waals surface area contributed by atoms with E-state index in [1.54, 1.807) is 30.3 Å². The molecular weight excluding hydrogens is 495 g/mol. The molecule has 1 heterocycles. The predicted octanol–water partition coefficient (Wildman–Crippen LogP) is 5.97. The van der Waals surface area contributed by atoms with Crippen LogP contribution in [0.2, 0.25) is 10.0 Å². The molecule has 0 unspecified atom stereocenters. The summed E-state index contributed by atoms with van der Waals surface area (Å²) in [5, 5.41) is 3.58. The average molecular weight is 519 g/mol. The van der Waals surface area contributed by atoms with Crippen LogP contribution in [0.1, 0.15) is 18.4 Å². The van der Waals surface area contributed by atoms with Crippen molar-refractivity contribution in [1.29, 1.82) is 0 Å². The predicted molar refractivity (Wildman–Crippen MR) is 135 cm³/mol. The Balaban J connectivity index is 1.37. The Morgan fingerprint density at radius 2 is 1.53 bits per heavy atom. The Labute approximate surface area is 209 Å². The highest BCUT2D eigenvalue weighted by molar-refractivity contribution is 7.88. The molecule has 1 N–H and O–H groups in total. The SMILES string of the molecule is O=C(Nc1ccccc1Oc1ccccc1)C1CCN(S(=O)(=O)Cc2c(Cl)cccc2Cl)CC1. The first-order valence-corrected chi connectivity index (χ1v) is 13.2. The largest absolute Gasteiger partial charge is 0.455 e. The van der Waals surface area contributed by atoms with E-state index in [1.165, 1.54) is 4.31 Å². The van der Waals surface area contributed by atoms with Crippen LogP contribution in [0.25, 0.3) is 0 Å². The van der Waals surface area contributed by atoms with Crippen LogP contribution in [0, 0.1) is 5.92 Å². The minimum Gasteiger partial charge on any atom is -0.455 e. The molecule has 1 aliphatic rings. The fourth-order valence-electron chi connectivity index (χ4n) is 3.85. The minimum absolute atomic E-state index is 0.157. The molecule has 0 atom stereocenters. The van der Waals surface area contributed by atoms with Gasteiger partial charge in [0, 0.05) is 34.6 Å². The van der Waals surface area contributed by atoms with E-state index in [0.29, 0.717) is 45.6 Å². The highest BCUT2D eigenvalue weighted by atomic mass is 35.5. The fraction of sp³-hybridized carbons (Fsp3) is 0.240. The number of hydrogen-bond acceptors (Lipinski definition) is 4. The topological polar surface area (TPSA) is 75.7 Å². The molecule has 6 nitrogen and oxygen atoms in total. The van der Waals surface area contributed by atoms with Gasteiger partial charge in [-0.15, -0.1) is 0 Å². The zero-order chi connectivity index (χ0) is 24.1. The molecule has 0 bridgehead atoms. The maximum Gasteiger partial charge on any atom is 0.227 e. The smallest absolute Gasteiger partial charge is 0.227 e. The summed E-state index contributed by atoms with van der Waals surface area (Å²) in [5.41, 5.74) is 0.959. The lowest BCUT2D eigenvalue weighted by atomic mass is 9.97. The van der Waals surface area contributed by atoms with Gasteiger partial charge in [-0.3, -0.25) is 4.79 Å². The Bertz CT molecular complexity index is 1240. The molecule has 34 heavy (non-hydrogen) atoms. The normalized spacial score (nSPS) is 15.1. The Morgan fingerprint density at radius 3 is 2.21 bits per heavy atom. The van der Waals surface area contributed by atoms with Gasteiger partial charge in [0.1, 0.15) is 5.75 Å². The van der Waals surface area contributed by atoms with Crippen LogP contribution in [0.3, 0.4) is 0 Å². The summed E-state index contributed by atoms with van der Waals surface area (Å²) in [6.07, 6.45) is 0.839. The van der Waals surface area contributed by atoms with E-state index in [0.717, 1.165) is 0 Å². The second-order valence-electron chi connectivity index (χ2n) is 8.03. The van der Waals surface area contributed by atoms with Crippen LogP contribution in [-0.4, -0.2) is 31.7 Å². The number of benzene rings is 3. The molecule has 1 aliphatic heterocycles. The van der Waals surface area contributed by atoms with Crippen LogP contribution in [0.4, 0.5) is 5.69 Å². The number of rotatable bonds is 7. The average Bonchev–Trinajstić information content (AvgIpc) is 2.83. The lowest BCUT2D eigenvalue weighted by Gasteiger charge is -2.30. The van der Waals surface area contributed by atoms with Crippen LogP contribution in [0.15, 0.2) is 72.8 Å². The number of nitrogens with one attached hydrogen (secondary N) is 1. The van der Waals surface area contributed by atoms with E-state index in [-0.39, 0.29) is 30.7 Å². The van der Waals surface area contributed by atoms with E-state index in [9.17, 15) is 13.2 Å². The number of nitrogens with zero attached hydrogens (tertiary/aromatic N) is 1. The molecule has 1 fully saturated rings. The van der Waals surface area contributed by atoms with Gasteiger partial charge in [0.05, 0.1) is 11.4 Å². The molecule has 0 radical (unpaired) electrons. The van der Waals surface area contributed by atoms with Gasteiger partial charge < -0.3 is 10.1 Å². The van der Waals surface area contributed by atoms with Gasteiger partial charge in [0.25, 0.3) is 0 Å². The zero-order valence-electron chi connectivity index (χ0n) is 18.3. The number of carbonyl (C=O) groups is 1. The third-order valence-corrected chi connectivity index (χ3v) is 8.24. The molecule has 3 aromatic rings. The summed E-state index contributed by atoms with van der Waals surface area (Å²) in [5.74, 6) is 0.475. The van der Waals surface area contributed by atoms with Gasteiger partial charge in [-0.1, -0.05) is 59.6 Å². The van der Waals surface area contributed by atoms with Crippen molar-refractivity contribution in [3.63, 3.8) is 0 Å². The van der Waals surface area contributed by atoms with E-state index in [2.05, 4.69) is 5.32 Å². The number of para-hydroxylation sites is 3. The first-order valence-electron chi connectivity index (χ1n) is 10.9. The summed E-state index contributed by atoms with van der Waals surface area (Å²) in [4.78, 5) is 12.9. The summed E-state index contributed by atoms with van der Waals surface area (Å²) in [6.45, 7) is 0.509. The second-order valence-corrected chi connectivity index (χ2v) is 10.8. The van der Waals surface area contributed by atoms with Gasteiger partial charge in [-0.05, 0) is 49.2 Å². The van der Waals surface area contributed by atoms with E-state index in [4.69, 9.17) is 27.9 Å². The molecule has 1 saturated heterocycles. The number of sulfonamides is 1. The van der Waals surface area contributed by atoms with Crippen LogP contribution >= 0.6 is 23.2 Å². The first-order chi connectivity index (χ1) is 16.3. The minimum atomic E-state index is -3.62. The van der Waals surface area contributed by atoms with Gasteiger partial charge >= 0.3 is 0 Å². The molecule has 4 rings (SSSR count). The van der Waals surface area contributed by atoms with Crippen molar-refractivity contribution in [2.75, 3.05) is 18.4 Å². The third kappa shape index (κ3) is 5.91. The van der Waals surface area contributed by atoms with Crippen molar-refractivity contribution in [3.05, 3.63) is 88.4 Å². The summed E-state index contributed by atoms with van der Waals surface area (Å²) in [6, 6.07) is 21.5. The monoisotopic (exact) mass is 518 g/mol. The maximum atomic E-state index is 12.9. The summed E-state index contributed by atoms with van der Waals surface area (Å²) < 4.78 is 33.2. The van der Waals surface area contributed by atoms with Crippen molar-refractivity contribution in [2.45, 2.75) is 18.6 Å². The number of ether oxygens (including phenoxy) is 1. The highest BCUT2D eigenvalue weighted by Gasteiger charge is 2.32. The molecule has 178 valence electrons. The Kier molecular flexibility index (Phi) is 7.78. The quantitative estimate of drug-likeness (QED) is 0.418. The number of halogens is 2. The second kappa shape index (κ2) is 10.8. The zero-order valence-corrected chi connectivity index (χ0v) is 20.6. The van der Waals surface area contributed by atoms with Crippen molar-refractivity contribution in [1.82, 2.24) is 4.31 Å². The van der Waals surface area contributed by atoms with Crippen molar-refractivity contribution >= 4 is 44.8 Å². The molecule has 0 aromatic heterocycles. The van der Waals surface area contributed by atoms with Gasteiger partial charge in [0.15, 0.2) is 5.75 Å². The Hall–Kier alpha value is -2.58. The number of carbonyl (C=O) groups excluding carboxylic acids is 1. The summed E-state index contributed by atoms with van der Waals surface area (Å²) in [7, 11) is -3.62. The molecule has 3 aromatic carbocycles. The third-order valence-electron chi connectivity index (χ3n) is 5.72. The molecule has 0 aliphatic carbocycles. The van der Waals surface area contributed by atoms with E-state index < -0.39 is 10.0 Å². The van der Waals surface area contributed by atoms with E-state index in [1.807, 2.05) is 42.5 Å². The number of hydrogen-bond donors (Lipinski definition) is 1. The van der Waals surface area contributed by atoms with Crippen molar-refractivity contribution in [2.24, 2.45) is 5.92 Å². The van der Waals surface area contributed by atoms with Crippen LogP contribution in [-0.2, 0) is 20.6 Å². The van der Waals surface area contributed by atoms with Crippen LogP contribution in [0.5, 0.6) is 11.5 Å². The first kappa shape index (κ1) is 24.5. The summed E-state index contributed by atoms with van der Waals surface area (Å²) >= 11 is 12.3. The molecular formula is C25H24Cl2N2O4S.